The van der Waals surface area contributed by atoms with Crippen LogP contribution in [0.2, 0.25) is 0 Å². The van der Waals surface area contributed by atoms with Crippen molar-refractivity contribution in [3.05, 3.63) is 21.9 Å². The molecule has 2 aliphatic rings. The molecule has 7 nitrogen and oxygen atoms in total. The lowest BCUT2D eigenvalue weighted by molar-refractivity contribution is -0.131. The molecule has 9 heteroatoms. The van der Waals surface area contributed by atoms with Crippen molar-refractivity contribution in [2.45, 2.75) is 39.3 Å². The van der Waals surface area contributed by atoms with Gasteiger partial charge in [0, 0.05) is 63.7 Å². The van der Waals surface area contributed by atoms with Gasteiger partial charge in [-0.25, -0.2) is 0 Å². The fourth-order valence-electron chi connectivity index (χ4n) is 4.02. The molecule has 0 aliphatic carbocycles. The molecule has 170 valence electrons. The Bertz CT molecular complexity index is 691. The average molecular weight is 550 g/mol. The fourth-order valence-corrected chi connectivity index (χ4v) is 4.91. The Morgan fingerprint density at radius 2 is 2.03 bits per heavy atom. The van der Waals surface area contributed by atoms with Crippen LogP contribution in [0.25, 0.3) is 0 Å². The maximum atomic E-state index is 12.6. The molecule has 0 radical (unpaired) electrons. The highest BCUT2D eigenvalue weighted by Crippen LogP contribution is 2.24. The summed E-state index contributed by atoms with van der Waals surface area (Å²) in [6.45, 7) is 11.1. The number of nitrogens with zero attached hydrogens (tertiary/aromatic N) is 3. The lowest BCUT2D eigenvalue weighted by Crippen LogP contribution is -2.52. The van der Waals surface area contributed by atoms with Crippen LogP contribution in [0.3, 0.4) is 0 Å². The smallest absolute Gasteiger partial charge is 0.224 e. The van der Waals surface area contributed by atoms with E-state index in [0.29, 0.717) is 24.9 Å². The molecule has 1 fully saturated rings. The van der Waals surface area contributed by atoms with E-state index in [9.17, 15) is 4.79 Å². The van der Waals surface area contributed by atoms with Crippen LogP contribution in [0.1, 0.15) is 30.7 Å². The molecule has 2 N–H and O–H groups in total. The standard InChI is InChI=1S/C21H35N5O2S.HI/c1-16(2)18(25-9-11-28-12-10-25)14-24-21(22-3)23-7-4-20(27)26-8-5-19-17(15-26)6-13-29-19;/h6,13,16,18H,4-5,7-12,14-15H2,1-3H3,(H2,22,23,24);1H. The minimum absolute atomic E-state index is 0. The van der Waals surface area contributed by atoms with Crippen molar-refractivity contribution in [3.63, 3.8) is 0 Å². The van der Waals surface area contributed by atoms with Crippen molar-refractivity contribution >= 4 is 47.2 Å². The zero-order valence-electron chi connectivity index (χ0n) is 18.4. The second-order valence-electron chi connectivity index (χ2n) is 8.02. The third kappa shape index (κ3) is 7.06. The number of fused-ring (bicyclic) bond motifs is 1. The van der Waals surface area contributed by atoms with Crippen molar-refractivity contribution in [3.8, 4) is 0 Å². The summed E-state index contributed by atoms with van der Waals surface area (Å²) in [5.74, 6) is 1.51. The fraction of sp³-hybridized carbons (Fsp3) is 0.714. The van der Waals surface area contributed by atoms with Gasteiger partial charge in [0.05, 0.1) is 13.2 Å². The molecular formula is C21H36IN5O2S. The molecule has 1 saturated heterocycles. The molecule has 30 heavy (non-hydrogen) atoms. The molecule has 1 aromatic heterocycles. The summed E-state index contributed by atoms with van der Waals surface area (Å²) in [7, 11) is 1.78. The molecular weight excluding hydrogens is 513 g/mol. The minimum Gasteiger partial charge on any atom is -0.379 e. The molecule has 2 aliphatic heterocycles. The van der Waals surface area contributed by atoms with Gasteiger partial charge in [0.15, 0.2) is 5.96 Å². The Kier molecular flexibility index (Phi) is 10.8. The summed E-state index contributed by atoms with van der Waals surface area (Å²) in [5, 5.41) is 8.87. The highest BCUT2D eigenvalue weighted by atomic mass is 127. The van der Waals surface area contributed by atoms with Crippen LogP contribution in [0.4, 0.5) is 0 Å². The van der Waals surface area contributed by atoms with Crippen molar-refractivity contribution < 1.29 is 9.53 Å². The van der Waals surface area contributed by atoms with E-state index in [2.05, 4.69) is 45.8 Å². The summed E-state index contributed by atoms with van der Waals surface area (Å²) < 4.78 is 5.48. The molecule has 0 saturated carbocycles. The van der Waals surface area contributed by atoms with Crippen molar-refractivity contribution in [1.29, 1.82) is 0 Å². The molecule has 0 aromatic carbocycles. The van der Waals surface area contributed by atoms with Gasteiger partial charge >= 0.3 is 0 Å². The Hall–Kier alpha value is -0.910. The molecule has 3 rings (SSSR count). The highest BCUT2D eigenvalue weighted by molar-refractivity contribution is 14.0. The number of carbonyl (C=O) groups excluding carboxylic acids is 1. The summed E-state index contributed by atoms with van der Waals surface area (Å²) in [6, 6.07) is 2.58. The first-order valence-electron chi connectivity index (χ1n) is 10.7. The molecule has 0 spiro atoms. The van der Waals surface area contributed by atoms with E-state index in [1.54, 1.807) is 18.4 Å². The molecule has 0 bridgehead atoms. The number of rotatable bonds is 7. The van der Waals surface area contributed by atoms with E-state index in [0.717, 1.165) is 58.3 Å². The van der Waals surface area contributed by atoms with Crippen molar-refractivity contribution in [2.24, 2.45) is 10.9 Å². The first-order valence-corrected chi connectivity index (χ1v) is 11.6. The summed E-state index contributed by atoms with van der Waals surface area (Å²) in [6.07, 6.45) is 1.46. The third-order valence-corrected chi connectivity index (χ3v) is 6.80. The van der Waals surface area contributed by atoms with Crippen LogP contribution in [-0.4, -0.2) is 80.7 Å². The Balaban J connectivity index is 0.00000320. The van der Waals surface area contributed by atoms with Gasteiger partial charge in [-0.1, -0.05) is 13.8 Å². The van der Waals surface area contributed by atoms with Crippen LogP contribution < -0.4 is 10.6 Å². The average Bonchev–Trinajstić information content (AvgIpc) is 3.21. The number of carbonyl (C=O) groups is 1. The predicted octanol–water partition coefficient (Wildman–Crippen LogP) is 2.16. The molecule has 1 amide bonds. The van der Waals surface area contributed by atoms with Crippen molar-refractivity contribution in [2.75, 3.05) is 53.0 Å². The maximum absolute atomic E-state index is 12.6. The van der Waals surface area contributed by atoms with E-state index in [1.807, 2.05) is 4.90 Å². The molecule has 1 aromatic rings. The van der Waals surface area contributed by atoms with Gasteiger partial charge in [-0.3, -0.25) is 14.7 Å². The zero-order chi connectivity index (χ0) is 20.6. The number of guanidine groups is 1. The van der Waals surface area contributed by atoms with Gasteiger partial charge in [0.25, 0.3) is 0 Å². The number of morpholine rings is 1. The van der Waals surface area contributed by atoms with Gasteiger partial charge in [0.2, 0.25) is 5.91 Å². The number of nitrogens with one attached hydrogen (secondary N) is 2. The van der Waals surface area contributed by atoms with Crippen molar-refractivity contribution in [1.82, 2.24) is 20.4 Å². The quantitative estimate of drug-likeness (QED) is 0.310. The van der Waals surface area contributed by atoms with Gasteiger partial charge in [-0.2, -0.15) is 0 Å². The summed E-state index contributed by atoms with van der Waals surface area (Å²) >= 11 is 1.80. The molecule has 1 unspecified atom stereocenters. The van der Waals surface area contributed by atoms with Gasteiger partial charge in [0.1, 0.15) is 0 Å². The SMILES string of the molecule is CN=C(NCCC(=O)N1CCc2sccc2C1)NCC(C(C)C)N1CCOCC1.I. The Morgan fingerprint density at radius 3 is 2.73 bits per heavy atom. The first-order chi connectivity index (χ1) is 14.1. The normalized spacial score (nSPS) is 18.5. The van der Waals surface area contributed by atoms with E-state index in [-0.39, 0.29) is 29.9 Å². The summed E-state index contributed by atoms with van der Waals surface area (Å²) in [5.41, 5.74) is 1.31. The second-order valence-corrected chi connectivity index (χ2v) is 9.02. The lowest BCUT2D eigenvalue weighted by Gasteiger charge is -2.37. The number of halogens is 1. The van der Waals surface area contributed by atoms with Gasteiger partial charge in [-0.15, -0.1) is 35.3 Å². The molecule has 3 heterocycles. The monoisotopic (exact) mass is 549 g/mol. The Labute approximate surface area is 201 Å². The lowest BCUT2D eigenvalue weighted by atomic mass is 10.0. The van der Waals surface area contributed by atoms with Gasteiger partial charge < -0.3 is 20.3 Å². The van der Waals surface area contributed by atoms with Crippen LogP contribution in [0.5, 0.6) is 0 Å². The third-order valence-electron chi connectivity index (χ3n) is 5.78. The number of aliphatic imine (C=N–C) groups is 1. The van der Waals surface area contributed by atoms with E-state index < -0.39 is 0 Å². The van der Waals surface area contributed by atoms with E-state index in [1.165, 1.54) is 10.4 Å². The highest BCUT2D eigenvalue weighted by Gasteiger charge is 2.24. The number of thiophene rings is 1. The van der Waals surface area contributed by atoms with Crippen LogP contribution in [0.15, 0.2) is 16.4 Å². The summed E-state index contributed by atoms with van der Waals surface area (Å²) in [4.78, 5) is 22.8. The van der Waals surface area contributed by atoms with Crippen LogP contribution in [-0.2, 0) is 22.5 Å². The number of hydrogen-bond acceptors (Lipinski definition) is 5. The second kappa shape index (κ2) is 12.8. The van der Waals surface area contributed by atoms with E-state index in [4.69, 9.17) is 4.74 Å². The van der Waals surface area contributed by atoms with E-state index >= 15 is 0 Å². The van der Waals surface area contributed by atoms with Crippen LogP contribution >= 0.6 is 35.3 Å². The zero-order valence-corrected chi connectivity index (χ0v) is 21.5. The number of ether oxygens (including phenoxy) is 1. The first kappa shape index (κ1) is 25.4. The minimum atomic E-state index is 0. The predicted molar refractivity (Wildman–Crippen MR) is 134 cm³/mol. The maximum Gasteiger partial charge on any atom is 0.224 e. The number of amides is 1. The van der Waals surface area contributed by atoms with Gasteiger partial charge in [-0.05, 0) is 29.3 Å². The van der Waals surface area contributed by atoms with Crippen LogP contribution in [0, 0.1) is 5.92 Å². The largest absolute Gasteiger partial charge is 0.379 e. The Morgan fingerprint density at radius 1 is 1.27 bits per heavy atom. The number of hydrogen-bond donors (Lipinski definition) is 2. The molecule has 1 atom stereocenters. The topological polar surface area (TPSA) is 69.2 Å².